The van der Waals surface area contributed by atoms with Gasteiger partial charge >= 0.3 is 5.69 Å². The molecular formula is C19H22ClN3O4S. The fraction of sp³-hybridized carbons (Fsp3) is 0.316. The summed E-state index contributed by atoms with van der Waals surface area (Å²) in [4.78, 5) is 13.0. The Morgan fingerprint density at radius 2 is 1.71 bits per heavy atom. The second kappa shape index (κ2) is 7.71. The van der Waals surface area contributed by atoms with Crippen LogP contribution < -0.4 is 5.69 Å². The first-order valence-corrected chi connectivity index (χ1v) is 10.6. The summed E-state index contributed by atoms with van der Waals surface area (Å²) in [7, 11) is -0.744. The monoisotopic (exact) mass is 423 g/mol. The summed E-state index contributed by atoms with van der Waals surface area (Å²) in [5.41, 5.74) is 1.40. The molecule has 7 nitrogen and oxygen atoms in total. The standard InChI is InChI=1S/C19H22ClN3O4S/c1-4-22-16-10-9-15(28(26,27)21(2)3)11-17(16)23(19(22)25)12-18(24)13-5-7-14(20)8-6-13/h5-11,18,24H,4,12H2,1-3H3/t18-/m1/s1. The van der Waals surface area contributed by atoms with Crippen LogP contribution >= 0.6 is 11.6 Å². The van der Waals surface area contributed by atoms with Crippen molar-refractivity contribution in [1.29, 1.82) is 0 Å². The zero-order chi connectivity index (χ0) is 20.6. The van der Waals surface area contributed by atoms with E-state index in [9.17, 15) is 18.3 Å². The number of nitrogens with zero attached hydrogens (tertiary/aromatic N) is 3. The molecule has 0 unspecified atom stereocenters. The van der Waals surface area contributed by atoms with Crippen molar-refractivity contribution in [2.24, 2.45) is 0 Å². The van der Waals surface area contributed by atoms with Gasteiger partial charge in [-0.1, -0.05) is 23.7 Å². The molecule has 1 N–H and O–H groups in total. The maximum absolute atomic E-state index is 12.9. The van der Waals surface area contributed by atoms with E-state index in [-0.39, 0.29) is 17.1 Å². The molecule has 0 saturated heterocycles. The Morgan fingerprint density at radius 3 is 2.29 bits per heavy atom. The van der Waals surface area contributed by atoms with Gasteiger partial charge in [0.2, 0.25) is 10.0 Å². The van der Waals surface area contributed by atoms with E-state index in [0.29, 0.717) is 28.2 Å². The number of imidazole rings is 1. The van der Waals surface area contributed by atoms with Gasteiger partial charge in [0, 0.05) is 25.7 Å². The minimum absolute atomic E-state index is 0.00453. The second-order valence-electron chi connectivity index (χ2n) is 6.64. The Labute approximate surface area is 168 Å². The van der Waals surface area contributed by atoms with Crippen molar-refractivity contribution in [3.8, 4) is 0 Å². The molecule has 0 saturated carbocycles. The summed E-state index contributed by atoms with van der Waals surface area (Å²) in [6.07, 6.45) is -0.944. The maximum atomic E-state index is 12.9. The highest BCUT2D eigenvalue weighted by Gasteiger charge is 2.21. The number of halogens is 1. The average molecular weight is 424 g/mol. The van der Waals surface area contributed by atoms with Crippen LogP contribution in [-0.4, -0.2) is 41.1 Å². The predicted molar refractivity (Wildman–Crippen MR) is 109 cm³/mol. The molecule has 0 radical (unpaired) electrons. The van der Waals surface area contributed by atoms with Crippen molar-refractivity contribution in [3.63, 3.8) is 0 Å². The smallest absolute Gasteiger partial charge is 0.329 e. The first kappa shape index (κ1) is 20.6. The Balaban J connectivity index is 2.13. The molecule has 1 atom stereocenters. The number of hydrogen-bond donors (Lipinski definition) is 1. The molecule has 28 heavy (non-hydrogen) atoms. The first-order chi connectivity index (χ1) is 13.2. The third kappa shape index (κ3) is 3.60. The molecule has 9 heteroatoms. The summed E-state index contributed by atoms with van der Waals surface area (Å²) in [5.74, 6) is 0. The average Bonchev–Trinajstić information content (AvgIpc) is 2.92. The van der Waals surface area contributed by atoms with Gasteiger partial charge in [-0.25, -0.2) is 17.5 Å². The van der Waals surface area contributed by atoms with Crippen molar-refractivity contribution < 1.29 is 13.5 Å². The number of aliphatic hydroxyl groups excluding tert-OH is 1. The minimum Gasteiger partial charge on any atom is -0.387 e. The fourth-order valence-electron chi connectivity index (χ4n) is 3.12. The first-order valence-electron chi connectivity index (χ1n) is 8.76. The SMILES string of the molecule is CCn1c(=O)n(C[C@@H](O)c2ccc(Cl)cc2)c2cc(S(=O)(=O)N(C)C)ccc21. The van der Waals surface area contributed by atoms with E-state index in [1.165, 1.54) is 30.8 Å². The van der Waals surface area contributed by atoms with Crippen molar-refractivity contribution in [2.75, 3.05) is 14.1 Å². The quantitative estimate of drug-likeness (QED) is 0.660. The molecule has 1 aromatic heterocycles. The van der Waals surface area contributed by atoms with E-state index >= 15 is 0 Å². The third-order valence-electron chi connectivity index (χ3n) is 4.70. The van der Waals surface area contributed by atoms with Crippen LogP contribution in [0, 0.1) is 0 Å². The predicted octanol–water partition coefficient (Wildman–Crippen LogP) is 2.46. The number of benzene rings is 2. The Bertz CT molecular complexity index is 1160. The molecule has 0 bridgehead atoms. The van der Waals surface area contributed by atoms with Crippen LogP contribution in [0.3, 0.4) is 0 Å². The number of aliphatic hydroxyl groups is 1. The largest absolute Gasteiger partial charge is 0.387 e. The molecule has 3 rings (SSSR count). The molecule has 3 aromatic rings. The van der Waals surface area contributed by atoms with Crippen molar-refractivity contribution in [3.05, 3.63) is 63.5 Å². The summed E-state index contributed by atoms with van der Waals surface area (Å²) in [6.45, 7) is 2.26. The molecule has 0 spiro atoms. The van der Waals surface area contributed by atoms with E-state index in [1.54, 1.807) is 34.9 Å². The number of fused-ring (bicyclic) bond motifs is 1. The van der Waals surface area contributed by atoms with Gasteiger partial charge in [0.05, 0.1) is 28.6 Å². The lowest BCUT2D eigenvalue weighted by Gasteiger charge is -2.14. The summed E-state index contributed by atoms with van der Waals surface area (Å²) >= 11 is 5.89. The van der Waals surface area contributed by atoms with Crippen LogP contribution in [0.15, 0.2) is 52.2 Å². The number of hydrogen-bond acceptors (Lipinski definition) is 4. The van der Waals surface area contributed by atoms with Gasteiger partial charge < -0.3 is 5.11 Å². The molecule has 150 valence electrons. The molecule has 0 fully saturated rings. The molecule has 2 aromatic carbocycles. The number of aryl methyl sites for hydroxylation is 1. The van der Waals surface area contributed by atoms with E-state index in [4.69, 9.17) is 11.6 Å². The van der Waals surface area contributed by atoms with Crippen LogP contribution in [0.1, 0.15) is 18.6 Å². The lowest BCUT2D eigenvalue weighted by atomic mass is 10.1. The molecule has 0 aliphatic heterocycles. The van der Waals surface area contributed by atoms with Crippen LogP contribution in [-0.2, 0) is 23.1 Å². The minimum atomic E-state index is -3.65. The number of sulfonamides is 1. The van der Waals surface area contributed by atoms with Crippen molar-refractivity contribution in [2.45, 2.75) is 31.0 Å². The van der Waals surface area contributed by atoms with Crippen molar-refractivity contribution in [1.82, 2.24) is 13.4 Å². The molecule has 0 amide bonds. The Morgan fingerprint density at radius 1 is 1.07 bits per heavy atom. The topological polar surface area (TPSA) is 84.5 Å². The highest BCUT2D eigenvalue weighted by molar-refractivity contribution is 7.89. The maximum Gasteiger partial charge on any atom is 0.329 e. The normalized spacial score (nSPS) is 13.4. The zero-order valence-electron chi connectivity index (χ0n) is 15.8. The Kier molecular flexibility index (Phi) is 5.67. The van der Waals surface area contributed by atoms with Crippen LogP contribution in [0.2, 0.25) is 5.02 Å². The van der Waals surface area contributed by atoms with Gasteiger partial charge in [0.15, 0.2) is 0 Å². The lowest BCUT2D eigenvalue weighted by molar-refractivity contribution is 0.156. The molecular weight excluding hydrogens is 402 g/mol. The van der Waals surface area contributed by atoms with E-state index in [2.05, 4.69) is 0 Å². The summed E-state index contributed by atoms with van der Waals surface area (Å²) in [6, 6.07) is 11.3. The summed E-state index contributed by atoms with van der Waals surface area (Å²) in [5, 5.41) is 11.2. The van der Waals surface area contributed by atoms with E-state index in [1.807, 2.05) is 6.92 Å². The third-order valence-corrected chi connectivity index (χ3v) is 6.76. The molecule has 0 aliphatic rings. The molecule has 0 aliphatic carbocycles. The zero-order valence-corrected chi connectivity index (χ0v) is 17.4. The highest BCUT2D eigenvalue weighted by atomic mass is 35.5. The Hall–Kier alpha value is -2.13. The van der Waals surface area contributed by atoms with Crippen LogP contribution in [0.25, 0.3) is 11.0 Å². The molecule has 1 heterocycles. The van der Waals surface area contributed by atoms with Gasteiger partial charge in [-0.2, -0.15) is 0 Å². The lowest BCUT2D eigenvalue weighted by Crippen LogP contribution is -2.26. The van der Waals surface area contributed by atoms with Gasteiger partial charge in [0.25, 0.3) is 0 Å². The number of rotatable bonds is 6. The van der Waals surface area contributed by atoms with E-state index < -0.39 is 16.1 Å². The van der Waals surface area contributed by atoms with Crippen LogP contribution in [0.5, 0.6) is 0 Å². The van der Waals surface area contributed by atoms with Crippen LogP contribution in [0.4, 0.5) is 0 Å². The fourth-order valence-corrected chi connectivity index (χ4v) is 4.16. The van der Waals surface area contributed by atoms with E-state index in [0.717, 1.165) is 4.31 Å². The van der Waals surface area contributed by atoms with Gasteiger partial charge in [-0.15, -0.1) is 0 Å². The summed E-state index contributed by atoms with van der Waals surface area (Å²) < 4.78 is 29.1. The second-order valence-corrected chi connectivity index (χ2v) is 9.23. The van der Waals surface area contributed by atoms with Gasteiger partial charge in [-0.05, 0) is 42.8 Å². The highest BCUT2D eigenvalue weighted by Crippen LogP contribution is 2.23. The van der Waals surface area contributed by atoms with Gasteiger partial charge in [-0.3, -0.25) is 9.13 Å². The van der Waals surface area contributed by atoms with Gasteiger partial charge in [0.1, 0.15) is 0 Å². The van der Waals surface area contributed by atoms with Crippen molar-refractivity contribution >= 4 is 32.7 Å². The number of aromatic nitrogens is 2.